The van der Waals surface area contributed by atoms with E-state index in [1.54, 1.807) is 0 Å². The van der Waals surface area contributed by atoms with Crippen LogP contribution in [0.2, 0.25) is 0 Å². The van der Waals surface area contributed by atoms with Crippen molar-refractivity contribution in [3.8, 4) is 22.6 Å². The normalized spacial score (nSPS) is 11.4. The first-order valence-electron chi connectivity index (χ1n) is 5.20. The van der Waals surface area contributed by atoms with E-state index in [0.717, 1.165) is 18.2 Å². The number of aromatic hydroxyl groups is 1. The molecule has 0 unspecified atom stereocenters. The van der Waals surface area contributed by atoms with Gasteiger partial charge in [-0.15, -0.1) is 13.2 Å². The van der Waals surface area contributed by atoms with Crippen molar-refractivity contribution in [3.63, 3.8) is 0 Å². The predicted octanol–water partition coefficient (Wildman–Crippen LogP) is 4.10. The van der Waals surface area contributed by atoms with E-state index in [9.17, 15) is 22.7 Å². The molecule has 0 aliphatic carbocycles. The molecule has 0 saturated heterocycles. The van der Waals surface area contributed by atoms with E-state index in [4.69, 9.17) is 0 Å². The molecule has 6 heteroatoms. The third kappa shape index (κ3) is 3.15. The Morgan fingerprint density at radius 1 is 0.947 bits per heavy atom. The van der Waals surface area contributed by atoms with Gasteiger partial charge in [-0.1, -0.05) is 18.2 Å². The van der Waals surface area contributed by atoms with Gasteiger partial charge in [-0.2, -0.15) is 0 Å². The van der Waals surface area contributed by atoms with E-state index >= 15 is 0 Å². The molecule has 1 N–H and O–H groups in total. The van der Waals surface area contributed by atoms with Crippen molar-refractivity contribution in [2.45, 2.75) is 6.36 Å². The molecule has 2 aromatic carbocycles. The SMILES string of the molecule is Oc1cc(F)ccc1-c1ccccc1OC(F)(F)F. The first-order valence-corrected chi connectivity index (χ1v) is 5.20. The molecule has 0 aromatic heterocycles. The summed E-state index contributed by atoms with van der Waals surface area (Å²) in [6, 6.07) is 8.36. The third-order valence-electron chi connectivity index (χ3n) is 2.36. The minimum absolute atomic E-state index is 0.0253. The van der Waals surface area contributed by atoms with Gasteiger partial charge in [0.1, 0.15) is 17.3 Å². The lowest BCUT2D eigenvalue weighted by molar-refractivity contribution is -0.274. The van der Waals surface area contributed by atoms with Crippen LogP contribution in [0.25, 0.3) is 11.1 Å². The highest BCUT2D eigenvalue weighted by Gasteiger charge is 2.32. The molecule has 2 nitrogen and oxygen atoms in total. The number of ether oxygens (including phenoxy) is 1. The molecule has 0 saturated carbocycles. The fourth-order valence-electron chi connectivity index (χ4n) is 1.64. The summed E-state index contributed by atoms with van der Waals surface area (Å²) in [6.45, 7) is 0. The van der Waals surface area contributed by atoms with Crippen LogP contribution in [0.1, 0.15) is 0 Å². The van der Waals surface area contributed by atoms with Crippen LogP contribution in [0, 0.1) is 5.82 Å². The van der Waals surface area contributed by atoms with Crippen molar-refractivity contribution in [1.29, 1.82) is 0 Å². The van der Waals surface area contributed by atoms with Crippen molar-refractivity contribution in [3.05, 3.63) is 48.3 Å². The van der Waals surface area contributed by atoms with Crippen LogP contribution < -0.4 is 4.74 Å². The average molecular weight is 272 g/mol. The smallest absolute Gasteiger partial charge is 0.507 e. The standard InChI is InChI=1S/C13H8F4O2/c14-8-5-6-9(11(18)7-8)10-3-1-2-4-12(10)19-13(15,16)17/h1-7,18H. The van der Waals surface area contributed by atoms with Crippen LogP contribution in [0.15, 0.2) is 42.5 Å². The van der Waals surface area contributed by atoms with Crippen LogP contribution in [0.3, 0.4) is 0 Å². The number of phenols is 1. The quantitative estimate of drug-likeness (QED) is 0.834. The highest BCUT2D eigenvalue weighted by molar-refractivity contribution is 5.75. The zero-order chi connectivity index (χ0) is 14.0. The van der Waals surface area contributed by atoms with Gasteiger partial charge in [-0.05, 0) is 18.2 Å². The second-order valence-corrected chi connectivity index (χ2v) is 3.71. The molecular formula is C13H8F4O2. The predicted molar refractivity (Wildman–Crippen MR) is 60.2 cm³/mol. The Balaban J connectivity index is 2.50. The molecule has 0 atom stereocenters. The van der Waals surface area contributed by atoms with Gasteiger partial charge in [-0.3, -0.25) is 0 Å². The van der Waals surface area contributed by atoms with Crippen LogP contribution in [0.4, 0.5) is 17.6 Å². The average Bonchev–Trinajstić information content (AvgIpc) is 2.28. The van der Waals surface area contributed by atoms with E-state index in [-0.39, 0.29) is 11.1 Å². The highest BCUT2D eigenvalue weighted by Crippen LogP contribution is 2.38. The monoisotopic (exact) mass is 272 g/mol. The lowest BCUT2D eigenvalue weighted by Gasteiger charge is -2.14. The van der Waals surface area contributed by atoms with Gasteiger partial charge >= 0.3 is 6.36 Å². The van der Waals surface area contributed by atoms with Gasteiger partial charge in [0.15, 0.2) is 0 Å². The number of para-hydroxylation sites is 1. The van der Waals surface area contributed by atoms with E-state index in [1.807, 2.05) is 0 Å². The fourth-order valence-corrected chi connectivity index (χ4v) is 1.64. The topological polar surface area (TPSA) is 29.5 Å². The summed E-state index contributed by atoms with van der Waals surface area (Å²) in [5, 5.41) is 9.59. The first-order chi connectivity index (χ1) is 8.87. The molecule has 0 amide bonds. The Bertz CT molecular complexity index is 593. The molecule has 0 spiro atoms. The summed E-state index contributed by atoms with van der Waals surface area (Å²) in [5.74, 6) is -1.61. The minimum atomic E-state index is -4.84. The summed E-state index contributed by atoms with van der Waals surface area (Å²) in [5.41, 5.74) is 0.0820. The van der Waals surface area contributed by atoms with Gasteiger partial charge in [0.2, 0.25) is 0 Å². The Morgan fingerprint density at radius 2 is 1.63 bits per heavy atom. The van der Waals surface area contributed by atoms with E-state index in [2.05, 4.69) is 4.74 Å². The number of rotatable bonds is 2. The Hall–Kier alpha value is -2.24. The molecule has 0 radical (unpaired) electrons. The number of benzene rings is 2. The summed E-state index contributed by atoms with van der Waals surface area (Å²) < 4.78 is 53.5. The maximum atomic E-state index is 12.9. The fraction of sp³-hybridized carbons (Fsp3) is 0.0769. The summed E-state index contributed by atoms with van der Waals surface area (Å²) in [6.07, 6.45) is -4.84. The molecular weight excluding hydrogens is 264 g/mol. The maximum Gasteiger partial charge on any atom is 0.573 e. The zero-order valence-corrected chi connectivity index (χ0v) is 9.41. The molecule has 0 heterocycles. The Kier molecular flexibility index (Phi) is 3.33. The summed E-state index contributed by atoms with van der Waals surface area (Å²) >= 11 is 0. The zero-order valence-electron chi connectivity index (χ0n) is 9.41. The Labute approximate surface area is 105 Å². The van der Waals surface area contributed by atoms with Crippen LogP contribution >= 0.6 is 0 Å². The molecule has 0 aliphatic heterocycles. The van der Waals surface area contributed by atoms with Gasteiger partial charge in [-0.25, -0.2) is 4.39 Å². The van der Waals surface area contributed by atoms with Crippen molar-refractivity contribution < 1.29 is 27.4 Å². The van der Waals surface area contributed by atoms with Gasteiger partial charge in [0.05, 0.1) is 0 Å². The summed E-state index contributed by atoms with van der Waals surface area (Å²) in [7, 11) is 0. The van der Waals surface area contributed by atoms with E-state index in [0.29, 0.717) is 0 Å². The highest BCUT2D eigenvalue weighted by atomic mass is 19.4. The number of alkyl halides is 3. The lowest BCUT2D eigenvalue weighted by Crippen LogP contribution is -2.17. The van der Waals surface area contributed by atoms with Crippen molar-refractivity contribution in [2.24, 2.45) is 0 Å². The Morgan fingerprint density at radius 3 is 2.26 bits per heavy atom. The molecule has 0 bridgehead atoms. The minimum Gasteiger partial charge on any atom is -0.507 e. The molecule has 0 aliphatic rings. The largest absolute Gasteiger partial charge is 0.573 e. The maximum absolute atomic E-state index is 12.9. The molecule has 100 valence electrons. The van der Waals surface area contributed by atoms with E-state index in [1.165, 1.54) is 24.3 Å². The van der Waals surface area contributed by atoms with Crippen LogP contribution in [-0.2, 0) is 0 Å². The molecule has 0 fully saturated rings. The van der Waals surface area contributed by atoms with Crippen molar-refractivity contribution in [2.75, 3.05) is 0 Å². The second-order valence-electron chi connectivity index (χ2n) is 3.71. The lowest BCUT2D eigenvalue weighted by atomic mass is 10.0. The number of phenolic OH excluding ortho intramolecular Hbond substituents is 1. The van der Waals surface area contributed by atoms with Crippen molar-refractivity contribution >= 4 is 0 Å². The van der Waals surface area contributed by atoms with Gasteiger partial charge in [0, 0.05) is 17.2 Å². The number of hydrogen-bond donors (Lipinski definition) is 1. The van der Waals surface area contributed by atoms with Gasteiger partial charge in [0.25, 0.3) is 0 Å². The third-order valence-corrected chi connectivity index (χ3v) is 2.36. The molecule has 19 heavy (non-hydrogen) atoms. The number of hydrogen-bond acceptors (Lipinski definition) is 2. The first kappa shape index (κ1) is 13.2. The van der Waals surface area contributed by atoms with Crippen LogP contribution in [0.5, 0.6) is 11.5 Å². The molecule has 2 aromatic rings. The van der Waals surface area contributed by atoms with Crippen LogP contribution in [-0.4, -0.2) is 11.5 Å². The van der Waals surface area contributed by atoms with Gasteiger partial charge < -0.3 is 9.84 Å². The molecule has 2 rings (SSSR count). The second kappa shape index (κ2) is 4.79. The number of halogens is 4. The summed E-state index contributed by atoms with van der Waals surface area (Å²) in [4.78, 5) is 0. The van der Waals surface area contributed by atoms with Crippen molar-refractivity contribution in [1.82, 2.24) is 0 Å². The van der Waals surface area contributed by atoms with E-state index < -0.39 is 23.7 Å².